The number of aromatic nitrogens is 3. The molecule has 0 aliphatic heterocycles. The van der Waals surface area contributed by atoms with Crippen LogP contribution in [0.25, 0.3) is 0 Å². The van der Waals surface area contributed by atoms with Crippen molar-refractivity contribution in [2.75, 3.05) is 0 Å². The third-order valence-electron chi connectivity index (χ3n) is 3.68. The monoisotopic (exact) mass is 271 g/mol. The molecule has 1 aliphatic rings. The molecule has 0 unspecified atom stereocenters. The Kier molecular flexibility index (Phi) is 3.69. The minimum Gasteiger partial charge on any atom is -0.347 e. The van der Waals surface area contributed by atoms with Crippen LogP contribution in [0.5, 0.6) is 0 Å². The average molecular weight is 271 g/mol. The Bertz CT molecular complexity index is 600. The Balaban J connectivity index is 1.87. The topological polar surface area (TPSA) is 41.6 Å². The molecule has 0 atom stereocenters. The highest BCUT2D eigenvalue weighted by molar-refractivity contribution is 7.71. The van der Waals surface area contributed by atoms with E-state index in [1.807, 2.05) is 30.5 Å². The molecule has 0 saturated heterocycles. The zero-order chi connectivity index (χ0) is 13.1. The second-order valence-electron chi connectivity index (χ2n) is 5.10. The second kappa shape index (κ2) is 5.61. The third kappa shape index (κ3) is 3.07. The van der Waals surface area contributed by atoms with Crippen LogP contribution < -0.4 is 0 Å². The van der Waals surface area contributed by atoms with Gasteiger partial charge in [-0.2, -0.15) is 0 Å². The molecular weight excluding hydrogens is 254 g/mol. The van der Waals surface area contributed by atoms with Gasteiger partial charge in [-0.15, -0.1) is 0 Å². The first-order valence-electron chi connectivity index (χ1n) is 6.81. The Labute approximate surface area is 118 Å². The van der Waals surface area contributed by atoms with Gasteiger partial charge < -0.3 is 4.98 Å². The molecule has 2 heterocycles. The molecule has 2 aromatic heterocycles. The predicted molar refractivity (Wildman–Crippen MR) is 77.7 cm³/mol. The number of aromatic amines is 1. The van der Waals surface area contributed by atoms with Crippen molar-refractivity contribution in [2.24, 2.45) is 0 Å². The van der Waals surface area contributed by atoms with Gasteiger partial charge in [-0.1, -0.05) is 31.1 Å². The fourth-order valence-corrected chi connectivity index (χ4v) is 2.98. The highest BCUT2D eigenvalue weighted by Crippen LogP contribution is 2.32. The molecule has 3 nitrogen and oxygen atoms in total. The lowest BCUT2D eigenvalue weighted by atomic mass is 10.0. The lowest BCUT2D eigenvalue weighted by molar-refractivity contribution is 0.684. The molecule has 3 rings (SSSR count). The van der Waals surface area contributed by atoms with Crippen molar-refractivity contribution in [1.29, 1.82) is 0 Å². The quantitative estimate of drug-likeness (QED) is 0.864. The van der Waals surface area contributed by atoms with Gasteiger partial charge in [-0.05, 0) is 37.0 Å². The molecule has 1 fully saturated rings. The van der Waals surface area contributed by atoms with Crippen LogP contribution >= 0.6 is 12.2 Å². The molecule has 1 saturated carbocycles. The first-order chi connectivity index (χ1) is 9.31. The van der Waals surface area contributed by atoms with Gasteiger partial charge in [0, 0.05) is 24.0 Å². The summed E-state index contributed by atoms with van der Waals surface area (Å²) in [4.78, 5) is 12.2. The maximum absolute atomic E-state index is 5.29. The van der Waals surface area contributed by atoms with Crippen LogP contribution in [0.3, 0.4) is 0 Å². The summed E-state index contributed by atoms with van der Waals surface area (Å²) in [6, 6.07) is 7.96. The molecule has 0 aromatic carbocycles. The highest BCUT2D eigenvalue weighted by atomic mass is 32.1. The Morgan fingerprint density at radius 2 is 2.11 bits per heavy atom. The molecule has 0 amide bonds. The standard InChI is InChI=1S/C15H17N3S/c19-15-10-13(11-5-1-2-6-11)17-14(18-15)9-12-7-3-4-8-16-12/h3-4,7-8,10-11H,1-2,5-6,9H2,(H,17,18,19). The minimum absolute atomic E-state index is 0.632. The summed E-state index contributed by atoms with van der Waals surface area (Å²) >= 11 is 5.29. The van der Waals surface area contributed by atoms with Gasteiger partial charge in [-0.3, -0.25) is 4.98 Å². The molecular formula is C15H17N3S. The Morgan fingerprint density at radius 1 is 1.26 bits per heavy atom. The van der Waals surface area contributed by atoms with Gasteiger partial charge in [0.15, 0.2) is 0 Å². The fraction of sp³-hybridized carbons (Fsp3) is 0.400. The molecule has 1 aliphatic carbocycles. The summed E-state index contributed by atoms with van der Waals surface area (Å²) in [7, 11) is 0. The van der Waals surface area contributed by atoms with E-state index in [1.165, 1.54) is 31.4 Å². The Morgan fingerprint density at radius 3 is 2.84 bits per heavy atom. The largest absolute Gasteiger partial charge is 0.347 e. The van der Waals surface area contributed by atoms with E-state index >= 15 is 0 Å². The summed E-state index contributed by atoms with van der Waals surface area (Å²) in [5, 5.41) is 0. The number of nitrogens with one attached hydrogen (secondary N) is 1. The molecule has 4 heteroatoms. The van der Waals surface area contributed by atoms with E-state index in [4.69, 9.17) is 12.2 Å². The highest BCUT2D eigenvalue weighted by Gasteiger charge is 2.18. The number of rotatable bonds is 3. The van der Waals surface area contributed by atoms with Crippen molar-refractivity contribution >= 4 is 12.2 Å². The summed E-state index contributed by atoms with van der Waals surface area (Å²) in [6.07, 6.45) is 7.69. The van der Waals surface area contributed by atoms with Crippen LogP contribution in [0.15, 0.2) is 30.5 Å². The van der Waals surface area contributed by atoms with Gasteiger partial charge in [-0.25, -0.2) is 4.98 Å². The summed E-state index contributed by atoms with van der Waals surface area (Å²) in [6.45, 7) is 0. The van der Waals surface area contributed by atoms with Crippen LogP contribution in [-0.2, 0) is 6.42 Å². The molecule has 0 radical (unpaired) electrons. The lowest BCUT2D eigenvalue weighted by Crippen LogP contribution is -2.04. The maximum atomic E-state index is 5.29. The van der Waals surface area contributed by atoms with Gasteiger partial charge in [0.25, 0.3) is 0 Å². The number of pyridine rings is 1. The van der Waals surface area contributed by atoms with Gasteiger partial charge in [0.1, 0.15) is 10.5 Å². The van der Waals surface area contributed by atoms with Crippen molar-refractivity contribution in [3.63, 3.8) is 0 Å². The van der Waals surface area contributed by atoms with Crippen molar-refractivity contribution in [3.05, 3.63) is 52.3 Å². The van der Waals surface area contributed by atoms with Crippen LogP contribution in [0.4, 0.5) is 0 Å². The fourth-order valence-electron chi connectivity index (χ4n) is 2.74. The van der Waals surface area contributed by atoms with Crippen molar-refractivity contribution in [2.45, 2.75) is 38.0 Å². The minimum atomic E-state index is 0.632. The van der Waals surface area contributed by atoms with E-state index in [-0.39, 0.29) is 0 Å². The van der Waals surface area contributed by atoms with E-state index in [1.54, 1.807) is 0 Å². The lowest BCUT2D eigenvalue weighted by Gasteiger charge is -2.11. The number of H-pyrrole nitrogens is 1. The average Bonchev–Trinajstić information content (AvgIpc) is 2.93. The molecule has 0 spiro atoms. The summed E-state index contributed by atoms with van der Waals surface area (Å²) in [5.74, 6) is 1.56. The van der Waals surface area contributed by atoms with Gasteiger partial charge in [0.05, 0.1) is 0 Å². The zero-order valence-electron chi connectivity index (χ0n) is 10.8. The van der Waals surface area contributed by atoms with Crippen molar-refractivity contribution < 1.29 is 0 Å². The molecule has 1 N–H and O–H groups in total. The van der Waals surface area contributed by atoms with Crippen LogP contribution in [0, 0.1) is 4.64 Å². The molecule has 2 aromatic rings. The van der Waals surface area contributed by atoms with Crippen LogP contribution in [-0.4, -0.2) is 15.0 Å². The SMILES string of the molecule is S=c1cc(C2CCCC2)[nH]c(Cc2ccccn2)n1. The second-order valence-corrected chi connectivity index (χ2v) is 5.52. The van der Waals surface area contributed by atoms with Gasteiger partial charge in [0.2, 0.25) is 0 Å². The molecule has 19 heavy (non-hydrogen) atoms. The van der Waals surface area contributed by atoms with Crippen LogP contribution in [0.2, 0.25) is 0 Å². The van der Waals surface area contributed by atoms with Crippen molar-refractivity contribution in [1.82, 2.24) is 15.0 Å². The zero-order valence-corrected chi connectivity index (χ0v) is 11.6. The third-order valence-corrected chi connectivity index (χ3v) is 3.89. The number of hydrogen-bond donors (Lipinski definition) is 1. The van der Waals surface area contributed by atoms with Crippen molar-refractivity contribution in [3.8, 4) is 0 Å². The van der Waals surface area contributed by atoms with Crippen LogP contribution in [0.1, 0.15) is 48.8 Å². The van der Waals surface area contributed by atoms with E-state index in [2.05, 4.69) is 15.0 Å². The van der Waals surface area contributed by atoms with Gasteiger partial charge >= 0.3 is 0 Å². The van der Waals surface area contributed by atoms with E-state index in [0.29, 0.717) is 17.0 Å². The summed E-state index contributed by atoms with van der Waals surface area (Å²) in [5.41, 5.74) is 2.27. The van der Waals surface area contributed by atoms with E-state index in [0.717, 1.165) is 11.5 Å². The van der Waals surface area contributed by atoms with E-state index < -0.39 is 0 Å². The molecule has 0 bridgehead atoms. The smallest absolute Gasteiger partial charge is 0.130 e. The summed E-state index contributed by atoms with van der Waals surface area (Å²) < 4.78 is 0.687. The first-order valence-corrected chi connectivity index (χ1v) is 7.22. The van der Waals surface area contributed by atoms with E-state index in [9.17, 15) is 0 Å². The Hall–Kier alpha value is -1.55. The first kappa shape index (κ1) is 12.5. The normalized spacial score (nSPS) is 15.8. The number of hydrogen-bond acceptors (Lipinski definition) is 3. The maximum Gasteiger partial charge on any atom is 0.130 e. The number of nitrogens with zero attached hydrogens (tertiary/aromatic N) is 2. The predicted octanol–water partition coefficient (Wildman–Crippen LogP) is 3.78. The molecule has 98 valence electrons.